The molecule has 1 aromatic heterocycles. The van der Waals surface area contributed by atoms with Gasteiger partial charge in [0.15, 0.2) is 0 Å². The molecular weight excluding hydrogens is 285 g/mol. The second-order valence-electron chi connectivity index (χ2n) is 5.56. The molecule has 1 aliphatic rings. The SMILES string of the molecule is OC(c1ccc(F)cc1)c1sccc1CCN1CCCC1. The van der Waals surface area contributed by atoms with Crippen LogP contribution in [0.4, 0.5) is 4.39 Å². The van der Waals surface area contributed by atoms with Crippen molar-refractivity contribution < 1.29 is 9.50 Å². The number of rotatable bonds is 5. The van der Waals surface area contributed by atoms with Crippen molar-refractivity contribution in [2.45, 2.75) is 25.4 Å². The zero-order chi connectivity index (χ0) is 14.7. The number of aliphatic hydroxyl groups is 1. The highest BCUT2D eigenvalue weighted by molar-refractivity contribution is 7.10. The smallest absolute Gasteiger partial charge is 0.123 e. The van der Waals surface area contributed by atoms with E-state index in [-0.39, 0.29) is 5.82 Å². The number of thiophene rings is 1. The molecule has 2 nitrogen and oxygen atoms in total. The van der Waals surface area contributed by atoms with Gasteiger partial charge in [-0.1, -0.05) is 12.1 Å². The Kier molecular flexibility index (Phi) is 4.68. The lowest BCUT2D eigenvalue weighted by Gasteiger charge is -2.16. The fourth-order valence-corrected chi connectivity index (χ4v) is 3.84. The third-order valence-corrected chi connectivity index (χ3v) is 5.12. The fourth-order valence-electron chi connectivity index (χ4n) is 2.88. The van der Waals surface area contributed by atoms with Gasteiger partial charge in [-0.25, -0.2) is 4.39 Å². The Labute approximate surface area is 128 Å². The minimum absolute atomic E-state index is 0.272. The van der Waals surface area contributed by atoms with Gasteiger partial charge in [0, 0.05) is 11.4 Å². The van der Waals surface area contributed by atoms with Crippen LogP contribution in [-0.2, 0) is 6.42 Å². The summed E-state index contributed by atoms with van der Waals surface area (Å²) in [4.78, 5) is 3.46. The van der Waals surface area contributed by atoms with Gasteiger partial charge in [-0.15, -0.1) is 11.3 Å². The van der Waals surface area contributed by atoms with Crippen LogP contribution in [0.25, 0.3) is 0 Å². The Morgan fingerprint density at radius 2 is 1.86 bits per heavy atom. The van der Waals surface area contributed by atoms with E-state index in [1.54, 1.807) is 23.5 Å². The van der Waals surface area contributed by atoms with Crippen LogP contribution < -0.4 is 0 Å². The molecule has 1 N–H and O–H groups in total. The molecule has 0 saturated carbocycles. The van der Waals surface area contributed by atoms with E-state index in [1.807, 2.05) is 5.38 Å². The van der Waals surface area contributed by atoms with E-state index in [2.05, 4.69) is 11.0 Å². The van der Waals surface area contributed by atoms with Gasteiger partial charge < -0.3 is 10.0 Å². The highest BCUT2D eigenvalue weighted by atomic mass is 32.1. The van der Waals surface area contributed by atoms with E-state index in [4.69, 9.17) is 0 Å². The van der Waals surface area contributed by atoms with Crippen LogP contribution in [0.15, 0.2) is 35.7 Å². The molecule has 2 aromatic rings. The first kappa shape index (κ1) is 14.7. The summed E-state index contributed by atoms with van der Waals surface area (Å²) in [6.07, 6.45) is 2.92. The largest absolute Gasteiger partial charge is 0.383 e. The Morgan fingerprint density at radius 3 is 2.57 bits per heavy atom. The maximum Gasteiger partial charge on any atom is 0.123 e. The first-order valence-electron chi connectivity index (χ1n) is 7.46. The number of aliphatic hydroxyl groups excluding tert-OH is 1. The van der Waals surface area contributed by atoms with Crippen molar-refractivity contribution in [2.24, 2.45) is 0 Å². The van der Waals surface area contributed by atoms with Crippen molar-refractivity contribution in [2.75, 3.05) is 19.6 Å². The summed E-state index contributed by atoms with van der Waals surface area (Å²) >= 11 is 1.58. The normalized spacial score (nSPS) is 17.2. The highest BCUT2D eigenvalue weighted by Crippen LogP contribution is 2.30. The lowest BCUT2D eigenvalue weighted by atomic mass is 10.0. The molecule has 1 aliphatic heterocycles. The maximum absolute atomic E-state index is 13.0. The number of nitrogens with zero attached hydrogens (tertiary/aromatic N) is 1. The summed E-state index contributed by atoms with van der Waals surface area (Å²) < 4.78 is 13.0. The molecule has 1 aromatic carbocycles. The number of benzene rings is 1. The minimum atomic E-state index is -0.654. The van der Waals surface area contributed by atoms with Gasteiger partial charge in [-0.3, -0.25) is 0 Å². The molecule has 1 unspecified atom stereocenters. The molecule has 1 atom stereocenters. The zero-order valence-corrected chi connectivity index (χ0v) is 12.8. The second kappa shape index (κ2) is 6.69. The number of likely N-dealkylation sites (tertiary alicyclic amines) is 1. The molecule has 3 rings (SSSR count). The first-order chi connectivity index (χ1) is 10.2. The second-order valence-corrected chi connectivity index (χ2v) is 6.51. The third-order valence-electron chi connectivity index (χ3n) is 4.11. The Hall–Kier alpha value is -1.23. The van der Waals surface area contributed by atoms with Crippen molar-refractivity contribution in [3.8, 4) is 0 Å². The molecule has 0 radical (unpaired) electrons. The highest BCUT2D eigenvalue weighted by Gasteiger charge is 2.18. The quantitative estimate of drug-likeness (QED) is 0.912. The molecule has 0 aliphatic carbocycles. The molecule has 2 heterocycles. The molecule has 4 heteroatoms. The Morgan fingerprint density at radius 1 is 1.14 bits per heavy atom. The Bertz CT molecular complexity index is 575. The summed E-state index contributed by atoms with van der Waals surface area (Å²) in [5.74, 6) is -0.272. The molecule has 112 valence electrons. The summed E-state index contributed by atoms with van der Waals surface area (Å²) in [5, 5.41) is 12.5. The van der Waals surface area contributed by atoms with Crippen LogP contribution in [0.2, 0.25) is 0 Å². The average molecular weight is 305 g/mol. The summed E-state index contributed by atoms with van der Waals surface area (Å²) in [5.41, 5.74) is 1.96. The number of hydrogen-bond acceptors (Lipinski definition) is 3. The van der Waals surface area contributed by atoms with Crippen LogP contribution >= 0.6 is 11.3 Å². The first-order valence-corrected chi connectivity index (χ1v) is 8.34. The molecule has 1 saturated heterocycles. The zero-order valence-electron chi connectivity index (χ0n) is 12.0. The molecular formula is C17H20FNOS. The molecule has 21 heavy (non-hydrogen) atoms. The molecule has 0 bridgehead atoms. The van der Waals surface area contributed by atoms with Gasteiger partial charge in [0.2, 0.25) is 0 Å². The molecule has 0 amide bonds. The molecule has 1 fully saturated rings. The summed E-state index contributed by atoms with van der Waals surface area (Å²) in [7, 11) is 0. The van der Waals surface area contributed by atoms with Gasteiger partial charge in [0.05, 0.1) is 0 Å². The van der Waals surface area contributed by atoms with E-state index in [0.29, 0.717) is 0 Å². The van der Waals surface area contributed by atoms with Crippen LogP contribution in [0.1, 0.15) is 34.9 Å². The monoisotopic (exact) mass is 305 g/mol. The van der Waals surface area contributed by atoms with Crippen molar-refractivity contribution in [1.29, 1.82) is 0 Å². The maximum atomic E-state index is 13.0. The van der Waals surface area contributed by atoms with Gasteiger partial charge in [0.25, 0.3) is 0 Å². The topological polar surface area (TPSA) is 23.5 Å². The van der Waals surface area contributed by atoms with Crippen LogP contribution in [0, 0.1) is 5.82 Å². The van der Waals surface area contributed by atoms with E-state index in [9.17, 15) is 9.50 Å². The third kappa shape index (κ3) is 3.51. The van der Waals surface area contributed by atoms with Crippen molar-refractivity contribution in [3.05, 3.63) is 57.5 Å². The summed E-state index contributed by atoms with van der Waals surface area (Å²) in [6, 6.07) is 8.21. The lowest BCUT2D eigenvalue weighted by molar-refractivity contribution is 0.222. The van der Waals surface area contributed by atoms with Crippen molar-refractivity contribution in [3.63, 3.8) is 0 Å². The van der Waals surface area contributed by atoms with E-state index in [1.165, 1.54) is 43.6 Å². The predicted octanol–water partition coefficient (Wildman–Crippen LogP) is 3.61. The average Bonchev–Trinajstić information content (AvgIpc) is 3.16. The van der Waals surface area contributed by atoms with Crippen LogP contribution in [0.5, 0.6) is 0 Å². The van der Waals surface area contributed by atoms with E-state index in [0.717, 1.165) is 23.4 Å². The standard InChI is InChI=1S/C17H20FNOS/c18-15-5-3-13(4-6-15)16(20)17-14(8-12-21-17)7-11-19-9-1-2-10-19/h3-6,8,12,16,20H,1-2,7,9-11H2. The molecule has 0 spiro atoms. The predicted molar refractivity (Wildman–Crippen MR) is 84.2 cm³/mol. The van der Waals surface area contributed by atoms with Gasteiger partial charge >= 0.3 is 0 Å². The van der Waals surface area contributed by atoms with Gasteiger partial charge in [-0.2, -0.15) is 0 Å². The lowest BCUT2D eigenvalue weighted by Crippen LogP contribution is -2.22. The van der Waals surface area contributed by atoms with Crippen molar-refractivity contribution >= 4 is 11.3 Å². The minimum Gasteiger partial charge on any atom is -0.383 e. The fraction of sp³-hybridized carbons (Fsp3) is 0.412. The van der Waals surface area contributed by atoms with Gasteiger partial charge in [0.1, 0.15) is 11.9 Å². The number of halogens is 1. The Balaban J connectivity index is 1.70. The number of hydrogen-bond donors (Lipinski definition) is 1. The van der Waals surface area contributed by atoms with Crippen LogP contribution in [0.3, 0.4) is 0 Å². The van der Waals surface area contributed by atoms with Gasteiger partial charge in [-0.05, 0) is 67.1 Å². The van der Waals surface area contributed by atoms with Crippen LogP contribution in [-0.4, -0.2) is 29.6 Å². The van der Waals surface area contributed by atoms with Crippen molar-refractivity contribution in [1.82, 2.24) is 4.90 Å². The summed E-state index contributed by atoms with van der Waals surface area (Å²) in [6.45, 7) is 3.44. The van der Waals surface area contributed by atoms with E-state index >= 15 is 0 Å². The van der Waals surface area contributed by atoms with E-state index < -0.39 is 6.10 Å².